The maximum Gasteiger partial charge on any atom is 0.0953 e. The summed E-state index contributed by atoms with van der Waals surface area (Å²) in [6, 6.07) is 8.66. The van der Waals surface area contributed by atoms with Gasteiger partial charge in [-0.15, -0.1) is 0 Å². The molecular formula is C14H16ClN3. The second-order valence-electron chi connectivity index (χ2n) is 4.82. The van der Waals surface area contributed by atoms with Crippen LogP contribution in [0.2, 0.25) is 5.02 Å². The van der Waals surface area contributed by atoms with Gasteiger partial charge in [-0.3, -0.25) is 0 Å². The molecular weight excluding hydrogens is 246 g/mol. The van der Waals surface area contributed by atoms with Crippen LogP contribution in [0.15, 0.2) is 36.8 Å². The maximum absolute atomic E-state index is 5.87. The molecule has 1 N–H and O–H groups in total. The van der Waals surface area contributed by atoms with Crippen molar-refractivity contribution in [3.05, 3.63) is 53.1 Å². The highest BCUT2D eigenvalue weighted by atomic mass is 35.5. The van der Waals surface area contributed by atoms with E-state index in [4.69, 9.17) is 11.6 Å². The number of hydrogen-bond acceptors (Lipinski definition) is 2. The van der Waals surface area contributed by atoms with E-state index < -0.39 is 0 Å². The summed E-state index contributed by atoms with van der Waals surface area (Å²) in [5.74, 6) is 0. The molecule has 0 unspecified atom stereocenters. The van der Waals surface area contributed by atoms with Gasteiger partial charge in [-0.2, -0.15) is 0 Å². The third-order valence-corrected chi connectivity index (χ3v) is 3.37. The molecule has 0 aliphatic heterocycles. The molecule has 0 radical (unpaired) electrons. The van der Waals surface area contributed by atoms with Gasteiger partial charge in [-0.1, -0.05) is 23.7 Å². The molecule has 1 aliphatic rings. The average Bonchev–Trinajstić information content (AvgIpc) is 3.10. The second kappa shape index (κ2) is 5.12. The molecule has 3 rings (SSSR count). The van der Waals surface area contributed by atoms with Crippen LogP contribution in [0, 0.1) is 0 Å². The number of nitrogens with zero attached hydrogens (tertiary/aromatic N) is 2. The lowest BCUT2D eigenvalue weighted by Gasteiger charge is -2.02. The van der Waals surface area contributed by atoms with Gasteiger partial charge in [0.05, 0.1) is 12.0 Å². The van der Waals surface area contributed by atoms with Crippen molar-refractivity contribution in [3.63, 3.8) is 0 Å². The van der Waals surface area contributed by atoms with Crippen LogP contribution in [-0.2, 0) is 13.1 Å². The fraction of sp³-hybridized carbons (Fsp3) is 0.357. The van der Waals surface area contributed by atoms with Gasteiger partial charge in [0.1, 0.15) is 0 Å². The first-order valence-corrected chi connectivity index (χ1v) is 6.66. The van der Waals surface area contributed by atoms with Crippen molar-refractivity contribution in [2.24, 2.45) is 0 Å². The Morgan fingerprint density at radius 2 is 2.06 bits per heavy atom. The summed E-state index contributed by atoms with van der Waals surface area (Å²) < 4.78 is 2.10. The number of rotatable bonds is 5. The lowest BCUT2D eigenvalue weighted by molar-refractivity contribution is 0.676. The highest BCUT2D eigenvalue weighted by Gasteiger charge is 2.20. The summed E-state index contributed by atoms with van der Waals surface area (Å²) in [5, 5.41) is 4.24. The molecule has 2 aromatic rings. The number of halogens is 1. The Balaban J connectivity index is 1.60. The van der Waals surface area contributed by atoms with Crippen LogP contribution >= 0.6 is 11.6 Å². The lowest BCUT2D eigenvalue weighted by atomic mass is 10.2. The zero-order chi connectivity index (χ0) is 12.4. The van der Waals surface area contributed by atoms with Crippen molar-refractivity contribution in [2.45, 2.75) is 32.0 Å². The van der Waals surface area contributed by atoms with Crippen LogP contribution in [0.4, 0.5) is 0 Å². The summed E-state index contributed by atoms with van der Waals surface area (Å²) in [6.45, 7) is 1.71. The Kier molecular flexibility index (Phi) is 3.35. The summed E-state index contributed by atoms with van der Waals surface area (Å²) in [4.78, 5) is 4.40. The molecule has 0 amide bonds. The third kappa shape index (κ3) is 3.12. The monoisotopic (exact) mass is 261 g/mol. The van der Waals surface area contributed by atoms with E-state index in [0.717, 1.165) is 29.8 Å². The zero-order valence-corrected chi connectivity index (χ0v) is 10.9. The smallest absolute Gasteiger partial charge is 0.0953 e. The minimum Gasteiger partial charge on any atom is -0.333 e. The van der Waals surface area contributed by atoms with Gasteiger partial charge in [-0.25, -0.2) is 4.98 Å². The SMILES string of the molecule is Clc1ccc(Cn2cnc(CNC3CC3)c2)cc1. The van der Waals surface area contributed by atoms with Crippen LogP contribution < -0.4 is 5.32 Å². The highest BCUT2D eigenvalue weighted by Crippen LogP contribution is 2.19. The first-order chi connectivity index (χ1) is 8.79. The predicted molar refractivity (Wildman–Crippen MR) is 72.6 cm³/mol. The Hall–Kier alpha value is -1.32. The van der Waals surface area contributed by atoms with Gasteiger partial charge < -0.3 is 9.88 Å². The molecule has 4 heteroatoms. The number of imidazole rings is 1. The molecule has 1 heterocycles. The number of nitrogens with one attached hydrogen (secondary N) is 1. The molecule has 3 nitrogen and oxygen atoms in total. The van der Waals surface area contributed by atoms with Crippen LogP contribution in [0.3, 0.4) is 0 Å². The predicted octanol–water partition coefficient (Wildman–Crippen LogP) is 2.84. The van der Waals surface area contributed by atoms with E-state index >= 15 is 0 Å². The quantitative estimate of drug-likeness (QED) is 0.897. The van der Waals surface area contributed by atoms with E-state index in [1.807, 2.05) is 30.6 Å². The zero-order valence-electron chi connectivity index (χ0n) is 10.1. The first-order valence-electron chi connectivity index (χ1n) is 6.28. The normalized spacial score (nSPS) is 14.9. The summed E-state index contributed by atoms with van der Waals surface area (Å²) in [5.41, 5.74) is 2.34. The minimum atomic E-state index is 0.728. The van der Waals surface area contributed by atoms with Crippen LogP contribution in [0.25, 0.3) is 0 Å². The number of benzene rings is 1. The molecule has 0 bridgehead atoms. The maximum atomic E-state index is 5.87. The summed E-state index contributed by atoms with van der Waals surface area (Å²) in [7, 11) is 0. The topological polar surface area (TPSA) is 29.9 Å². The van der Waals surface area contributed by atoms with Gasteiger partial charge in [-0.05, 0) is 30.5 Å². The average molecular weight is 262 g/mol. The molecule has 0 spiro atoms. The Bertz CT molecular complexity index is 514. The number of aromatic nitrogens is 2. The molecule has 94 valence electrons. The van der Waals surface area contributed by atoms with Crippen molar-refractivity contribution >= 4 is 11.6 Å². The molecule has 1 aromatic carbocycles. The Morgan fingerprint density at radius 1 is 1.28 bits per heavy atom. The van der Waals surface area contributed by atoms with Gasteiger partial charge in [0, 0.05) is 30.4 Å². The molecule has 1 saturated carbocycles. The fourth-order valence-corrected chi connectivity index (χ4v) is 2.05. The van der Waals surface area contributed by atoms with Gasteiger partial charge in [0.2, 0.25) is 0 Å². The van der Waals surface area contributed by atoms with Crippen molar-refractivity contribution in [3.8, 4) is 0 Å². The molecule has 18 heavy (non-hydrogen) atoms. The van der Waals surface area contributed by atoms with Crippen LogP contribution in [0.1, 0.15) is 24.1 Å². The second-order valence-corrected chi connectivity index (χ2v) is 5.26. The van der Waals surface area contributed by atoms with Gasteiger partial charge in [0.15, 0.2) is 0 Å². The van der Waals surface area contributed by atoms with E-state index in [1.54, 1.807) is 0 Å². The largest absolute Gasteiger partial charge is 0.333 e. The van der Waals surface area contributed by atoms with Crippen molar-refractivity contribution in [2.75, 3.05) is 0 Å². The Morgan fingerprint density at radius 3 is 2.78 bits per heavy atom. The molecule has 0 atom stereocenters. The Labute approximate surface area is 112 Å². The molecule has 0 saturated heterocycles. The van der Waals surface area contributed by atoms with Crippen LogP contribution in [-0.4, -0.2) is 15.6 Å². The fourth-order valence-electron chi connectivity index (χ4n) is 1.92. The van der Waals surface area contributed by atoms with Crippen molar-refractivity contribution in [1.29, 1.82) is 0 Å². The first kappa shape index (κ1) is 11.8. The standard InChI is InChI=1S/C14H16ClN3/c15-12-3-1-11(2-4-12)8-18-9-14(17-10-18)7-16-13-5-6-13/h1-4,9-10,13,16H,5-8H2. The van der Waals surface area contributed by atoms with E-state index in [-0.39, 0.29) is 0 Å². The van der Waals surface area contributed by atoms with E-state index in [1.165, 1.54) is 18.4 Å². The third-order valence-electron chi connectivity index (χ3n) is 3.11. The number of hydrogen-bond donors (Lipinski definition) is 1. The van der Waals surface area contributed by atoms with Gasteiger partial charge in [0.25, 0.3) is 0 Å². The van der Waals surface area contributed by atoms with E-state index in [0.29, 0.717) is 0 Å². The van der Waals surface area contributed by atoms with Gasteiger partial charge >= 0.3 is 0 Å². The summed E-state index contributed by atoms with van der Waals surface area (Å²) in [6.07, 6.45) is 6.61. The molecule has 1 fully saturated rings. The van der Waals surface area contributed by atoms with Crippen molar-refractivity contribution < 1.29 is 0 Å². The van der Waals surface area contributed by atoms with E-state index in [9.17, 15) is 0 Å². The van der Waals surface area contributed by atoms with Crippen LogP contribution in [0.5, 0.6) is 0 Å². The lowest BCUT2D eigenvalue weighted by Crippen LogP contribution is -2.15. The van der Waals surface area contributed by atoms with Crippen molar-refractivity contribution in [1.82, 2.24) is 14.9 Å². The minimum absolute atomic E-state index is 0.728. The summed E-state index contributed by atoms with van der Waals surface area (Å²) >= 11 is 5.87. The molecule has 1 aromatic heterocycles. The highest BCUT2D eigenvalue weighted by molar-refractivity contribution is 6.30. The van der Waals surface area contributed by atoms with E-state index in [2.05, 4.69) is 21.1 Å². The molecule has 1 aliphatic carbocycles.